The number of hydrogen-bond donors (Lipinski definition) is 2. The van der Waals surface area contributed by atoms with Crippen LogP contribution in [0.15, 0.2) is 84.2 Å². The number of halogens is 1. The van der Waals surface area contributed by atoms with Crippen molar-refractivity contribution in [3.63, 3.8) is 0 Å². The summed E-state index contributed by atoms with van der Waals surface area (Å²) in [5.74, 6) is -0.525. The molecule has 198 valence electrons. The van der Waals surface area contributed by atoms with Crippen molar-refractivity contribution in [2.45, 2.75) is 32.0 Å². The molecular weight excluding hydrogens is 495 g/mol. The molecule has 3 aromatic carbocycles. The number of imidazole rings is 1. The molecule has 39 heavy (non-hydrogen) atoms. The summed E-state index contributed by atoms with van der Waals surface area (Å²) in [6, 6.07) is 20.4. The van der Waals surface area contributed by atoms with Gasteiger partial charge < -0.3 is 10.8 Å². The maximum atomic E-state index is 15.6. The molecule has 0 spiro atoms. The highest BCUT2D eigenvalue weighted by molar-refractivity contribution is 5.73. The highest BCUT2D eigenvalue weighted by Crippen LogP contribution is 2.28. The second kappa shape index (κ2) is 10.5. The van der Waals surface area contributed by atoms with E-state index in [4.69, 9.17) is 5.73 Å². The molecule has 1 aliphatic heterocycles. The fourth-order valence-corrected chi connectivity index (χ4v) is 5.24. The molecule has 1 aliphatic rings. The number of hydrogen-bond acceptors (Lipinski definition) is 6. The van der Waals surface area contributed by atoms with Gasteiger partial charge in [-0.25, -0.2) is 14.4 Å². The van der Waals surface area contributed by atoms with Gasteiger partial charge >= 0.3 is 0 Å². The minimum Gasteiger partial charge on any atom is -0.393 e. The van der Waals surface area contributed by atoms with E-state index in [1.54, 1.807) is 17.0 Å². The molecule has 0 aliphatic carbocycles. The van der Waals surface area contributed by atoms with Crippen molar-refractivity contribution in [2.75, 3.05) is 13.1 Å². The zero-order valence-electron chi connectivity index (χ0n) is 21.4. The molecular formula is C30H29FN6O2. The predicted octanol–water partition coefficient (Wildman–Crippen LogP) is 3.79. The highest BCUT2D eigenvalue weighted by atomic mass is 19.1. The van der Waals surface area contributed by atoms with E-state index in [0.717, 1.165) is 60.4 Å². The molecule has 0 amide bonds. The van der Waals surface area contributed by atoms with Crippen LogP contribution in [0.5, 0.6) is 0 Å². The number of piperidine rings is 1. The Kier molecular flexibility index (Phi) is 6.78. The van der Waals surface area contributed by atoms with Crippen LogP contribution < -0.4 is 11.3 Å². The number of aliphatic hydroxyl groups is 1. The lowest BCUT2D eigenvalue weighted by Crippen LogP contribution is -2.35. The zero-order chi connectivity index (χ0) is 26.9. The van der Waals surface area contributed by atoms with Gasteiger partial charge in [-0.3, -0.25) is 18.8 Å². The zero-order valence-corrected chi connectivity index (χ0v) is 21.4. The van der Waals surface area contributed by atoms with Crippen LogP contribution in [-0.2, 0) is 13.1 Å². The van der Waals surface area contributed by atoms with Gasteiger partial charge in [0.2, 0.25) is 0 Å². The lowest BCUT2D eigenvalue weighted by atomic mass is 9.98. The number of nitrogens with zero attached hydrogens (tertiary/aromatic N) is 5. The molecule has 0 radical (unpaired) electrons. The molecule has 8 nitrogen and oxygen atoms in total. The average molecular weight is 525 g/mol. The Hall–Kier alpha value is -4.18. The molecule has 3 N–H and O–H groups in total. The molecule has 9 heteroatoms. The van der Waals surface area contributed by atoms with Crippen LogP contribution in [0.25, 0.3) is 33.7 Å². The van der Waals surface area contributed by atoms with Crippen molar-refractivity contribution in [1.29, 1.82) is 0 Å². The first-order chi connectivity index (χ1) is 19.0. The Morgan fingerprint density at radius 2 is 1.72 bits per heavy atom. The van der Waals surface area contributed by atoms with Crippen molar-refractivity contribution < 1.29 is 9.50 Å². The van der Waals surface area contributed by atoms with Crippen LogP contribution in [-0.4, -0.2) is 48.3 Å². The summed E-state index contributed by atoms with van der Waals surface area (Å²) in [5.41, 5.74) is 10.4. The topological polar surface area (TPSA) is 102 Å². The van der Waals surface area contributed by atoms with Crippen molar-refractivity contribution in [1.82, 2.24) is 24.0 Å². The molecule has 0 bridgehead atoms. The second-order valence-corrected chi connectivity index (χ2v) is 9.91. The standard InChI is InChI=1S/C30H29FN6O2/c31-26-15-21(25-7-2-1-5-22(25)17-35-12-10-24(38)11-13-35)8-9-27(26)37-19-34-29-28(30(37)39)36(18-33-29)23-6-3-4-20(14-23)16-32/h1-9,14-15,18-19,24,38H,10-13,16-17,32H2. The van der Waals surface area contributed by atoms with Crippen LogP contribution >= 0.6 is 0 Å². The van der Waals surface area contributed by atoms with Crippen molar-refractivity contribution in [2.24, 2.45) is 5.73 Å². The molecule has 0 atom stereocenters. The highest BCUT2D eigenvalue weighted by Gasteiger charge is 2.19. The normalized spacial score (nSPS) is 14.7. The van der Waals surface area contributed by atoms with Gasteiger partial charge in [0.25, 0.3) is 5.56 Å². The van der Waals surface area contributed by atoms with E-state index >= 15 is 4.39 Å². The summed E-state index contributed by atoms with van der Waals surface area (Å²) in [6.07, 6.45) is 4.14. The monoisotopic (exact) mass is 524 g/mol. The minimum absolute atomic E-state index is 0.115. The van der Waals surface area contributed by atoms with Crippen molar-refractivity contribution in [3.8, 4) is 22.5 Å². The van der Waals surface area contributed by atoms with Crippen LogP contribution in [0.4, 0.5) is 4.39 Å². The van der Waals surface area contributed by atoms with Gasteiger partial charge in [0.05, 0.1) is 11.8 Å². The Balaban J connectivity index is 1.36. The smallest absolute Gasteiger partial charge is 0.284 e. The summed E-state index contributed by atoms with van der Waals surface area (Å²) in [5, 5.41) is 9.83. The maximum Gasteiger partial charge on any atom is 0.284 e. The molecule has 1 fully saturated rings. The van der Waals surface area contributed by atoms with E-state index < -0.39 is 11.4 Å². The van der Waals surface area contributed by atoms with Gasteiger partial charge in [-0.2, -0.15) is 0 Å². The SMILES string of the molecule is NCc1cccc(-n2cnc3ncn(-c4ccc(-c5ccccc5CN5CCC(O)CC5)cc4F)c(=O)c32)c1. The summed E-state index contributed by atoms with van der Waals surface area (Å²) < 4.78 is 18.5. The fraction of sp³-hybridized carbons (Fsp3) is 0.233. The van der Waals surface area contributed by atoms with Gasteiger partial charge in [0.15, 0.2) is 11.2 Å². The third-order valence-electron chi connectivity index (χ3n) is 7.38. The Morgan fingerprint density at radius 1 is 0.949 bits per heavy atom. The molecule has 0 unspecified atom stereocenters. The van der Waals surface area contributed by atoms with Crippen LogP contribution in [0.3, 0.4) is 0 Å². The minimum atomic E-state index is -0.525. The van der Waals surface area contributed by atoms with Gasteiger partial charge in [-0.15, -0.1) is 0 Å². The first-order valence-corrected chi connectivity index (χ1v) is 13.0. The molecule has 3 heterocycles. The predicted molar refractivity (Wildman–Crippen MR) is 148 cm³/mol. The largest absolute Gasteiger partial charge is 0.393 e. The van der Waals surface area contributed by atoms with E-state index in [1.807, 2.05) is 48.5 Å². The summed E-state index contributed by atoms with van der Waals surface area (Å²) >= 11 is 0. The quantitative estimate of drug-likeness (QED) is 0.351. The third kappa shape index (κ3) is 4.87. The summed E-state index contributed by atoms with van der Waals surface area (Å²) in [4.78, 5) is 24.5. The Morgan fingerprint density at radius 3 is 2.49 bits per heavy atom. The fourth-order valence-electron chi connectivity index (χ4n) is 5.24. The first kappa shape index (κ1) is 25.1. The Labute approximate surface area is 224 Å². The number of aromatic nitrogens is 4. The van der Waals surface area contributed by atoms with E-state index in [0.29, 0.717) is 6.54 Å². The second-order valence-electron chi connectivity index (χ2n) is 9.91. The molecule has 6 rings (SSSR count). The molecule has 2 aromatic heterocycles. The van der Waals surface area contributed by atoms with E-state index in [-0.39, 0.29) is 23.0 Å². The number of fused-ring (bicyclic) bond motifs is 1. The van der Waals surface area contributed by atoms with Gasteiger partial charge in [-0.05, 0) is 59.4 Å². The van der Waals surface area contributed by atoms with Crippen molar-refractivity contribution >= 4 is 11.2 Å². The third-order valence-corrected chi connectivity index (χ3v) is 7.38. The Bertz CT molecular complexity index is 1700. The lowest BCUT2D eigenvalue weighted by molar-refractivity contribution is 0.0793. The summed E-state index contributed by atoms with van der Waals surface area (Å²) in [7, 11) is 0. The number of benzene rings is 3. The van der Waals surface area contributed by atoms with Gasteiger partial charge in [0.1, 0.15) is 18.5 Å². The number of nitrogens with two attached hydrogens (primary N) is 1. The number of rotatable bonds is 6. The number of aliphatic hydroxyl groups excluding tert-OH is 1. The first-order valence-electron chi connectivity index (χ1n) is 13.0. The lowest BCUT2D eigenvalue weighted by Gasteiger charge is -2.30. The van der Waals surface area contributed by atoms with Gasteiger partial charge in [0, 0.05) is 31.9 Å². The number of likely N-dealkylation sites (tertiary alicyclic amines) is 1. The average Bonchev–Trinajstić information content (AvgIpc) is 3.40. The van der Waals surface area contributed by atoms with E-state index in [2.05, 4.69) is 20.9 Å². The van der Waals surface area contributed by atoms with Crippen LogP contribution in [0.1, 0.15) is 24.0 Å². The van der Waals surface area contributed by atoms with E-state index in [1.165, 1.54) is 17.0 Å². The molecule has 1 saturated heterocycles. The van der Waals surface area contributed by atoms with Gasteiger partial charge in [-0.1, -0.05) is 42.5 Å². The van der Waals surface area contributed by atoms with Crippen LogP contribution in [0, 0.1) is 5.82 Å². The van der Waals surface area contributed by atoms with E-state index in [9.17, 15) is 9.90 Å². The van der Waals surface area contributed by atoms with Crippen LogP contribution in [0.2, 0.25) is 0 Å². The maximum absolute atomic E-state index is 15.6. The molecule has 5 aromatic rings. The van der Waals surface area contributed by atoms with Crippen molar-refractivity contribution in [3.05, 3.63) is 107 Å². The summed E-state index contributed by atoms with van der Waals surface area (Å²) in [6.45, 7) is 2.75. The molecule has 0 saturated carbocycles.